The predicted molar refractivity (Wildman–Crippen MR) is 86.3 cm³/mol. The average molecular weight is 271 g/mol. The van der Waals surface area contributed by atoms with Gasteiger partial charge in [-0.3, -0.25) is 0 Å². The Kier molecular flexibility index (Phi) is 5.13. The minimum absolute atomic E-state index is 0.880. The summed E-state index contributed by atoms with van der Waals surface area (Å²) in [4.78, 5) is 0. The molecule has 0 atom stereocenters. The van der Waals surface area contributed by atoms with Crippen molar-refractivity contribution in [3.05, 3.63) is 34.9 Å². The van der Waals surface area contributed by atoms with Gasteiger partial charge in [0.15, 0.2) is 0 Å². The second-order valence-electron chi connectivity index (χ2n) is 6.70. The Labute approximate surface area is 124 Å². The van der Waals surface area contributed by atoms with Crippen LogP contribution in [-0.4, -0.2) is 12.6 Å². The third-order valence-corrected chi connectivity index (χ3v) is 4.82. The number of rotatable bonds is 8. The van der Waals surface area contributed by atoms with Crippen molar-refractivity contribution in [2.75, 3.05) is 6.54 Å². The summed E-state index contributed by atoms with van der Waals surface area (Å²) in [6.07, 6.45) is 15.0. The quantitative estimate of drug-likeness (QED) is 0.690. The van der Waals surface area contributed by atoms with Gasteiger partial charge in [-0.2, -0.15) is 0 Å². The van der Waals surface area contributed by atoms with E-state index < -0.39 is 0 Å². The molecule has 1 saturated carbocycles. The summed E-state index contributed by atoms with van der Waals surface area (Å²) in [5, 5.41) is 3.60. The summed E-state index contributed by atoms with van der Waals surface area (Å²) in [5.41, 5.74) is 4.83. The van der Waals surface area contributed by atoms with Crippen LogP contribution < -0.4 is 5.32 Å². The standard InChI is InChI=1S/C19H29N/c1(2-6-14-20-19-12-13-19)3-7-16-10-11-17-8-4-5-9-18(17)15-16/h10-11,15,19-20H,1-9,12-14H2. The van der Waals surface area contributed by atoms with Crippen LogP contribution in [0.25, 0.3) is 0 Å². The van der Waals surface area contributed by atoms with Crippen molar-refractivity contribution in [2.45, 2.75) is 76.7 Å². The Hall–Kier alpha value is -0.820. The molecule has 20 heavy (non-hydrogen) atoms. The summed E-state index contributed by atoms with van der Waals surface area (Å²) in [6, 6.07) is 8.14. The Morgan fingerprint density at radius 2 is 1.70 bits per heavy atom. The van der Waals surface area contributed by atoms with Crippen molar-refractivity contribution in [3.63, 3.8) is 0 Å². The van der Waals surface area contributed by atoms with E-state index in [1.165, 1.54) is 77.2 Å². The lowest BCUT2D eigenvalue weighted by Crippen LogP contribution is -2.17. The molecular formula is C19H29N. The summed E-state index contributed by atoms with van der Waals surface area (Å²) < 4.78 is 0. The molecule has 2 aliphatic rings. The average Bonchev–Trinajstić information content (AvgIpc) is 3.30. The van der Waals surface area contributed by atoms with Crippen LogP contribution in [-0.2, 0) is 19.3 Å². The molecule has 1 heteroatoms. The summed E-state index contributed by atoms with van der Waals surface area (Å²) >= 11 is 0. The molecule has 0 heterocycles. The fourth-order valence-electron chi connectivity index (χ4n) is 3.34. The molecular weight excluding hydrogens is 242 g/mol. The van der Waals surface area contributed by atoms with Crippen molar-refractivity contribution in [1.29, 1.82) is 0 Å². The highest BCUT2D eigenvalue weighted by Gasteiger charge is 2.19. The topological polar surface area (TPSA) is 12.0 Å². The molecule has 1 aromatic carbocycles. The number of hydrogen-bond acceptors (Lipinski definition) is 1. The summed E-state index contributed by atoms with van der Waals surface area (Å²) in [7, 11) is 0. The molecule has 0 amide bonds. The second kappa shape index (κ2) is 7.26. The van der Waals surface area contributed by atoms with Gasteiger partial charge in [-0.05, 0) is 81.0 Å². The first-order valence-corrected chi connectivity index (χ1v) is 8.76. The van der Waals surface area contributed by atoms with Crippen LogP contribution in [0.1, 0.15) is 68.1 Å². The van der Waals surface area contributed by atoms with Gasteiger partial charge in [-0.15, -0.1) is 0 Å². The molecule has 1 nitrogen and oxygen atoms in total. The molecule has 0 spiro atoms. The SMILES string of the molecule is c1cc2c(cc1CCCCCCNC1CC1)CCCC2. The van der Waals surface area contributed by atoms with Crippen LogP contribution >= 0.6 is 0 Å². The fraction of sp³-hybridized carbons (Fsp3) is 0.684. The molecule has 0 radical (unpaired) electrons. The van der Waals surface area contributed by atoms with Crippen LogP contribution in [0.3, 0.4) is 0 Å². The predicted octanol–water partition coefficient (Wildman–Crippen LogP) is 4.42. The first-order valence-electron chi connectivity index (χ1n) is 8.76. The Bertz CT molecular complexity index is 420. The first-order chi connectivity index (χ1) is 9.92. The smallest absolute Gasteiger partial charge is 0.00682 e. The lowest BCUT2D eigenvalue weighted by atomic mass is 9.89. The van der Waals surface area contributed by atoms with Crippen molar-refractivity contribution < 1.29 is 0 Å². The normalized spacial score (nSPS) is 18.0. The first kappa shape index (κ1) is 14.1. The largest absolute Gasteiger partial charge is 0.314 e. The zero-order valence-electron chi connectivity index (χ0n) is 12.8. The van der Waals surface area contributed by atoms with E-state index in [0.29, 0.717) is 0 Å². The molecule has 1 aromatic rings. The fourth-order valence-corrected chi connectivity index (χ4v) is 3.34. The van der Waals surface area contributed by atoms with Crippen LogP contribution in [0.15, 0.2) is 18.2 Å². The Morgan fingerprint density at radius 3 is 2.55 bits per heavy atom. The number of fused-ring (bicyclic) bond motifs is 1. The Morgan fingerprint density at radius 1 is 0.900 bits per heavy atom. The molecule has 3 rings (SSSR count). The maximum absolute atomic E-state index is 3.60. The maximum Gasteiger partial charge on any atom is 0.00682 e. The molecule has 0 unspecified atom stereocenters. The molecule has 110 valence electrons. The van der Waals surface area contributed by atoms with Crippen LogP contribution in [0.2, 0.25) is 0 Å². The van der Waals surface area contributed by atoms with Crippen molar-refractivity contribution in [2.24, 2.45) is 0 Å². The molecule has 1 N–H and O–H groups in total. The maximum atomic E-state index is 3.60. The van der Waals surface area contributed by atoms with Crippen molar-refractivity contribution in [1.82, 2.24) is 5.32 Å². The Balaban J connectivity index is 1.31. The minimum atomic E-state index is 0.880. The number of benzene rings is 1. The number of aryl methyl sites for hydroxylation is 3. The van der Waals surface area contributed by atoms with E-state index in [9.17, 15) is 0 Å². The van der Waals surface area contributed by atoms with E-state index in [-0.39, 0.29) is 0 Å². The zero-order valence-corrected chi connectivity index (χ0v) is 12.8. The van der Waals surface area contributed by atoms with Crippen molar-refractivity contribution >= 4 is 0 Å². The third-order valence-electron chi connectivity index (χ3n) is 4.82. The monoisotopic (exact) mass is 271 g/mol. The summed E-state index contributed by atoms with van der Waals surface area (Å²) in [5.74, 6) is 0. The van der Waals surface area contributed by atoms with E-state index in [4.69, 9.17) is 0 Å². The second-order valence-corrected chi connectivity index (χ2v) is 6.70. The van der Waals surface area contributed by atoms with Gasteiger partial charge in [-0.1, -0.05) is 31.0 Å². The summed E-state index contributed by atoms with van der Waals surface area (Å²) in [6.45, 7) is 1.24. The van der Waals surface area contributed by atoms with E-state index in [1.54, 1.807) is 16.7 Å². The number of unbranched alkanes of at least 4 members (excludes halogenated alkanes) is 3. The van der Waals surface area contributed by atoms with E-state index >= 15 is 0 Å². The van der Waals surface area contributed by atoms with Gasteiger partial charge in [0.1, 0.15) is 0 Å². The van der Waals surface area contributed by atoms with Gasteiger partial charge in [0, 0.05) is 6.04 Å². The molecule has 0 aromatic heterocycles. The number of nitrogens with one attached hydrogen (secondary N) is 1. The lowest BCUT2D eigenvalue weighted by molar-refractivity contribution is 0.585. The third kappa shape index (κ3) is 4.34. The number of hydrogen-bond donors (Lipinski definition) is 1. The highest BCUT2D eigenvalue weighted by atomic mass is 14.9. The van der Waals surface area contributed by atoms with Crippen LogP contribution in [0.4, 0.5) is 0 Å². The molecule has 1 fully saturated rings. The van der Waals surface area contributed by atoms with Gasteiger partial charge in [0.25, 0.3) is 0 Å². The molecule has 0 bridgehead atoms. The van der Waals surface area contributed by atoms with Gasteiger partial charge in [-0.25, -0.2) is 0 Å². The van der Waals surface area contributed by atoms with E-state index in [2.05, 4.69) is 23.5 Å². The molecule has 0 saturated heterocycles. The zero-order chi connectivity index (χ0) is 13.6. The van der Waals surface area contributed by atoms with Gasteiger partial charge >= 0.3 is 0 Å². The van der Waals surface area contributed by atoms with Crippen LogP contribution in [0.5, 0.6) is 0 Å². The molecule has 0 aliphatic heterocycles. The van der Waals surface area contributed by atoms with E-state index in [0.717, 1.165) is 6.04 Å². The van der Waals surface area contributed by atoms with Gasteiger partial charge in [0.2, 0.25) is 0 Å². The van der Waals surface area contributed by atoms with Crippen molar-refractivity contribution in [3.8, 4) is 0 Å². The van der Waals surface area contributed by atoms with E-state index in [1.807, 2.05) is 0 Å². The molecule has 2 aliphatic carbocycles. The highest BCUT2D eigenvalue weighted by Crippen LogP contribution is 2.23. The lowest BCUT2D eigenvalue weighted by Gasteiger charge is -2.16. The highest BCUT2D eigenvalue weighted by molar-refractivity contribution is 5.33. The minimum Gasteiger partial charge on any atom is -0.314 e. The van der Waals surface area contributed by atoms with Gasteiger partial charge in [0.05, 0.1) is 0 Å². The van der Waals surface area contributed by atoms with Gasteiger partial charge < -0.3 is 5.32 Å². The van der Waals surface area contributed by atoms with Crippen LogP contribution in [0, 0.1) is 0 Å².